The van der Waals surface area contributed by atoms with Gasteiger partial charge in [-0.3, -0.25) is 9.59 Å². The number of hydrogen-bond donors (Lipinski definition) is 2. The molecule has 3 N–H and O–H groups in total. The van der Waals surface area contributed by atoms with Crippen molar-refractivity contribution in [3.63, 3.8) is 0 Å². The summed E-state index contributed by atoms with van der Waals surface area (Å²) in [7, 11) is 1.74. The van der Waals surface area contributed by atoms with Gasteiger partial charge < -0.3 is 20.9 Å². The lowest BCUT2D eigenvalue weighted by Gasteiger charge is -2.36. The van der Waals surface area contributed by atoms with Crippen LogP contribution in [0.4, 0.5) is 15.9 Å². The molecule has 3 atom stereocenters. The smallest absolute Gasteiger partial charge is 0.234 e. The van der Waals surface area contributed by atoms with Crippen LogP contribution in [0.25, 0.3) is 0 Å². The quantitative estimate of drug-likeness (QED) is 0.558. The Labute approximate surface area is 218 Å². The van der Waals surface area contributed by atoms with E-state index in [-0.39, 0.29) is 29.6 Å². The lowest BCUT2D eigenvalue weighted by Crippen LogP contribution is -2.46. The second-order valence-electron chi connectivity index (χ2n) is 10.8. The van der Waals surface area contributed by atoms with E-state index in [1.54, 1.807) is 13.1 Å². The number of likely N-dealkylation sites (N-methyl/N-ethyl adjacent to an activating group) is 1. The summed E-state index contributed by atoms with van der Waals surface area (Å²) in [6.07, 6.45) is 10.4. The Hall–Kier alpha value is -3.00. The summed E-state index contributed by atoms with van der Waals surface area (Å²) < 4.78 is 13.7. The van der Waals surface area contributed by atoms with E-state index in [9.17, 15) is 14.0 Å². The zero-order chi connectivity index (χ0) is 25.9. The van der Waals surface area contributed by atoms with Gasteiger partial charge in [0.25, 0.3) is 0 Å². The second-order valence-corrected chi connectivity index (χ2v) is 10.8. The van der Waals surface area contributed by atoms with Gasteiger partial charge in [-0.1, -0.05) is 19.3 Å². The van der Waals surface area contributed by atoms with Gasteiger partial charge in [0.15, 0.2) is 0 Å². The zero-order valence-electron chi connectivity index (χ0n) is 21.7. The average Bonchev–Trinajstić information content (AvgIpc) is 3.57. The summed E-state index contributed by atoms with van der Waals surface area (Å²) in [5.41, 5.74) is 8.72. The van der Waals surface area contributed by atoms with Gasteiger partial charge in [-0.15, -0.1) is 0 Å². The van der Waals surface area contributed by atoms with Crippen LogP contribution in [0.15, 0.2) is 36.5 Å². The summed E-state index contributed by atoms with van der Waals surface area (Å²) in [5.74, 6) is 0.427. The maximum absolute atomic E-state index is 14.1. The number of fused-ring (bicyclic) bond motifs is 1. The predicted molar refractivity (Wildman–Crippen MR) is 142 cm³/mol. The molecule has 3 heterocycles. The molecule has 1 aliphatic carbocycles. The summed E-state index contributed by atoms with van der Waals surface area (Å²) >= 11 is 0. The number of hydrogen-bond acceptors (Lipinski definition) is 5. The molecule has 0 spiro atoms. The maximum atomic E-state index is 14.1. The molecule has 8 heteroatoms. The Kier molecular flexibility index (Phi) is 7.74. The molecule has 3 unspecified atom stereocenters. The minimum Gasteiger partial charge on any atom is -0.368 e. The van der Waals surface area contributed by atoms with E-state index in [1.165, 1.54) is 12.5 Å². The number of carbonyl (C=O) groups excluding carboxylic acids is 2. The van der Waals surface area contributed by atoms with E-state index in [0.29, 0.717) is 6.42 Å². The number of likely N-dealkylation sites (tertiary alicyclic amines) is 1. The number of pyridine rings is 1. The van der Waals surface area contributed by atoms with Crippen molar-refractivity contribution in [2.75, 3.05) is 25.0 Å². The third-order valence-electron chi connectivity index (χ3n) is 8.62. The fourth-order valence-corrected chi connectivity index (χ4v) is 6.65. The van der Waals surface area contributed by atoms with Gasteiger partial charge in [-0.25, -0.2) is 9.37 Å². The van der Waals surface area contributed by atoms with Crippen molar-refractivity contribution in [1.82, 2.24) is 15.2 Å². The van der Waals surface area contributed by atoms with Crippen LogP contribution in [0, 0.1) is 17.7 Å². The second kappa shape index (κ2) is 11.2. The minimum atomic E-state index is -0.510. The summed E-state index contributed by atoms with van der Waals surface area (Å²) in [6.45, 7) is 1.47. The first kappa shape index (κ1) is 25.6. The van der Waals surface area contributed by atoms with Gasteiger partial charge in [0.05, 0.1) is 12.1 Å². The fraction of sp³-hybridized carbons (Fsp3) is 0.552. The number of nitrogens with zero attached hydrogens (tertiary/aromatic N) is 3. The molecular formula is C29H38FN5O2. The number of halogens is 1. The highest BCUT2D eigenvalue weighted by molar-refractivity contribution is 5.83. The van der Waals surface area contributed by atoms with Crippen LogP contribution < -0.4 is 16.0 Å². The molecule has 2 amide bonds. The molecule has 198 valence electrons. The number of aromatic nitrogens is 1. The number of anilines is 2. The average molecular weight is 508 g/mol. The van der Waals surface area contributed by atoms with Crippen molar-refractivity contribution in [2.24, 2.45) is 17.6 Å². The summed E-state index contributed by atoms with van der Waals surface area (Å²) in [5, 5.41) is 3.03. The lowest BCUT2D eigenvalue weighted by atomic mass is 9.76. The van der Waals surface area contributed by atoms with Crippen molar-refractivity contribution in [2.45, 2.75) is 69.9 Å². The highest BCUT2D eigenvalue weighted by Crippen LogP contribution is 2.40. The van der Waals surface area contributed by atoms with Crippen molar-refractivity contribution in [3.05, 3.63) is 53.5 Å². The number of nitrogens with one attached hydrogen (secondary N) is 1. The van der Waals surface area contributed by atoms with E-state index in [4.69, 9.17) is 5.73 Å². The SMILES string of the molecule is CNC(CC(C(=O)N1CCCC1c1ccnc(N2CCc3cc(F)ccc32)c1)C1CCCCC1)C(N)=O. The zero-order valence-corrected chi connectivity index (χ0v) is 21.7. The number of carbonyl (C=O) groups is 2. The van der Waals surface area contributed by atoms with Gasteiger partial charge >= 0.3 is 0 Å². The predicted octanol–water partition coefficient (Wildman–Crippen LogP) is 4.24. The Morgan fingerprint density at radius 2 is 1.92 bits per heavy atom. The standard InChI is InChI=1S/C29H38FN5O2/c1-32-24(28(31)36)18-23(19-6-3-2-4-7-19)29(37)35-14-5-8-25(35)20-11-13-33-27(17-20)34-15-12-21-16-22(30)9-10-26(21)34/h9-11,13,16-17,19,23-25,32H,2-8,12,14-15,18H2,1H3,(H2,31,36). The van der Waals surface area contributed by atoms with Gasteiger partial charge in [0.2, 0.25) is 11.8 Å². The number of primary amides is 1. The molecule has 2 aromatic rings. The third-order valence-corrected chi connectivity index (χ3v) is 8.62. The molecule has 7 nitrogen and oxygen atoms in total. The molecule has 37 heavy (non-hydrogen) atoms. The molecule has 3 aliphatic rings. The molecule has 2 fully saturated rings. The molecule has 1 aromatic carbocycles. The van der Waals surface area contributed by atoms with Gasteiger partial charge in [-0.05, 0) is 92.9 Å². The van der Waals surface area contributed by atoms with Crippen LogP contribution in [0.2, 0.25) is 0 Å². The van der Waals surface area contributed by atoms with E-state index in [2.05, 4.69) is 21.3 Å². The van der Waals surface area contributed by atoms with Crippen LogP contribution in [0.5, 0.6) is 0 Å². The normalized spacial score (nSPS) is 21.6. The van der Waals surface area contributed by atoms with E-state index < -0.39 is 11.9 Å². The number of benzene rings is 1. The molecule has 0 radical (unpaired) electrons. The van der Waals surface area contributed by atoms with E-state index in [0.717, 1.165) is 80.7 Å². The van der Waals surface area contributed by atoms with Crippen LogP contribution in [0.1, 0.15) is 68.5 Å². The first-order valence-corrected chi connectivity index (χ1v) is 13.7. The molecular weight excluding hydrogens is 469 g/mol. The van der Waals surface area contributed by atoms with Crippen molar-refractivity contribution in [3.8, 4) is 0 Å². The van der Waals surface area contributed by atoms with Gasteiger partial charge in [-0.2, -0.15) is 0 Å². The van der Waals surface area contributed by atoms with Crippen LogP contribution in [-0.2, 0) is 16.0 Å². The van der Waals surface area contributed by atoms with E-state index >= 15 is 0 Å². The van der Waals surface area contributed by atoms with Crippen LogP contribution in [0.3, 0.4) is 0 Å². The molecule has 1 aromatic heterocycles. The van der Waals surface area contributed by atoms with Crippen molar-refractivity contribution < 1.29 is 14.0 Å². The third kappa shape index (κ3) is 5.35. The summed E-state index contributed by atoms with van der Waals surface area (Å²) in [6, 6.07) is 8.49. The number of rotatable bonds is 8. The number of nitrogens with two attached hydrogens (primary N) is 1. The summed E-state index contributed by atoms with van der Waals surface area (Å²) in [4.78, 5) is 35.0. The lowest BCUT2D eigenvalue weighted by molar-refractivity contribution is -0.139. The first-order valence-electron chi connectivity index (χ1n) is 13.7. The minimum absolute atomic E-state index is 0.0164. The molecule has 0 bridgehead atoms. The number of amides is 2. The maximum Gasteiger partial charge on any atom is 0.234 e. The molecule has 1 saturated carbocycles. The highest BCUT2D eigenvalue weighted by atomic mass is 19.1. The fourth-order valence-electron chi connectivity index (χ4n) is 6.65. The molecule has 5 rings (SSSR count). The first-order chi connectivity index (χ1) is 18.0. The topological polar surface area (TPSA) is 91.6 Å². The Morgan fingerprint density at radius 1 is 1.11 bits per heavy atom. The van der Waals surface area contributed by atoms with Crippen LogP contribution in [-0.4, -0.2) is 47.9 Å². The largest absolute Gasteiger partial charge is 0.368 e. The van der Waals surface area contributed by atoms with Crippen LogP contribution >= 0.6 is 0 Å². The molecule has 1 saturated heterocycles. The van der Waals surface area contributed by atoms with Crippen molar-refractivity contribution >= 4 is 23.3 Å². The van der Waals surface area contributed by atoms with Crippen molar-refractivity contribution in [1.29, 1.82) is 0 Å². The van der Waals surface area contributed by atoms with Gasteiger partial charge in [0, 0.05) is 30.9 Å². The van der Waals surface area contributed by atoms with Gasteiger partial charge in [0.1, 0.15) is 11.6 Å². The Balaban J connectivity index is 1.39. The van der Waals surface area contributed by atoms with E-state index in [1.807, 2.05) is 23.2 Å². The Morgan fingerprint density at radius 3 is 2.68 bits per heavy atom. The Bertz CT molecular complexity index is 1140. The highest BCUT2D eigenvalue weighted by Gasteiger charge is 2.39. The monoisotopic (exact) mass is 507 g/mol. The molecule has 2 aliphatic heterocycles.